The Morgan fingerprint density at radius 1 is 1.33 bits per heavy atom. The third-order valence-corrected chi connectivity index (χ3v) is 3.20. The molecule has 1 saturated heterocycles. The van der Waals surface area contributed by atoms with Crippen molar-refractivity contribution in [1.29, 1.82) is 0 Å². The van der Waals surface area contributed by atoms with Gasteiger partial charge in [0.1, 0.15) is 0 Å². The molecule has 3 rings (SSSR count). The second kappa shape index (κ2) is 3.35. The predicted molar refractivity (Wildman–Crippen MR) is 56.4 cm³/mol. The highest BCUT2D eigenvalue weighted by Gasteiger charge is 2.58. The zero-order valence-corrected chi connectivity index (χ0v) is 8.35. The van der Waals surface area contributed by atoms with Gasteiger partial charge in [-0.15, -0.1) is 0 Å². The maximum Gasteiger partial charge on any atom is 0.230 e. The fraction of sp³-hybridized carbons (Fsp3) is 0.417. The van der Waals surface area contributed by atoms with Crippen LogP contribution in [0.1, 0.15) is 6.42 Å². The average molecular weight is 203 g/mol. The van der Waals surface area contributed by atoms with Crippen molar-refractivity contribution in [3.8, 4) is 0 Å². The first-order valence-electron chi connectivity index (χ1n) is 5.34. The number of rotatable bonds is 2. The van der Waals surface area contributed by atoms with Crippen molar-refractivity contribution in [2.45, 2.75) is 12.5 Å². The molecule has 1 aromatic carbocycles. The Labute approximate surface area is 88.4 Å². The zero-order chi connectivity index (χ0) is 10.3. The molecule has 0 spiro atoms. The topological polar surface area (TPSA) is 38.3 Å². The number of ether oxygens (including phenoxy) is 1. The molecule has 0 aromatic heterocycles. The highest BCUT2D eigenvalue weighted by atomic mass is 16.5. The molecule has 15 heavy (non-hydrogen) atoms. The van der Waals surface area contributed by atoms with Crippen molar-refractivity contribution in [1.82, 2.24) is 0 Å². The van der Waals surface area contributed by atoms with E-state index in [4.69, 9.17) is 4.74 Å². The van der Waals surface area contributed by atoms with Gasteiger partial charge in [0.05, 0.1) is 12.0 Å². The normalized spacial score (nSPS) is 32.1. The average Bonchev–Trinajstić information content (AvgIpc) is 2.75. The predicted octanol–water partition coefficient (Wildman–Crippen LogP) is 1.66. The first kappa shape index (κ1) is 8.92. The quantitative estimate of drug-likeness (QED) is 0.793. The molecule has 3 atom stereocenters. The summed E-state index contributed by atoms with van der Waals surface area (Å²) >= 11 is 0. The van der Waals surface area contributed by atoms with E-state index in [0.717, 1.165) is 18.7 Å². The molecule has 78 valence electrons. The third-order valence-electron chi connectivity index (χ3n) is 3.20. The first-order chi connectivity index (χ1) is 7.36. The van der Waals surface area contributed by atoms with Crippen LogP contribution in [0.25, 0.3) is 0 Å². The lowest BCUT2D eigenvalue weighted by Crippen LogP contribution is -2.18. The summed E-state index contributed by atoms with van der Waals surface area (Å²) in [4.78, 5) is 11.8. The van der Waals surface area contributed by atoms with Crippen LogP contribution in [0.3, 0.4) is 0 Å². The summed E-state index contributed by atoms with van der Waals surface area (Å²) in [6, 6.07) is 9.57. The number of carbonyl (C=O) groups excluding carboxylic acids is 1. The van der Waals surface area contributed by atoms with E-state index >= 15 is 0 Å². The molecule has 1 amide bonds. The number of amides is 1. The summed E-state index contributed by atoms with van der Waals surface area (Å²) in [5, 5.41) is 2.91. The smallest absolute Gasteiger partial charge is 0.230 e. The minimum Gasteiger partial charge on any atom is -0.377 e. The van der Waals surface area contributed by atoms with Crippen molar-refractivity contribution in [3.63, 3.8) is 0 Å². The van der Waals surface area contributed by atoms with Gasteiger partial charge in [0, 0.05) is 18.2 Å². The van der Waals surface area contributed by atoms with Crippen molar-refractivity contribution in [3.05, 3.63) is 30.3 Å². The van der Waals surface area contributed by atoms with Crippen LogP contribution in [0, 0.1) is 11.8 Å². The fourth-order valence-corrected chi connectivity index (χ4v) is 2.34. The summed E-state index contributed by atoms with van der Waals surface area (Å²) in [5.41, 5.74) is 0.868. The maximum absolute atomic E-state index is 11.8. The fourth-order valence-electron chi connectivity index (χ4n) is 2.34. The molecule has 2 fully saturated rings. The van der Waals surface area contributed by atoms with Crippen LogP contribution in [-0.4, -0.2) is 18.6 Å². The second-order valence-corrected chi connectivity index (χ2v) is 4.17. The van der Waals surface area contributed by atoms with Crippen LogP contribution < -0.4 is 5.32 Å². The largest absolute Gasteiger partial charge is 0.377 e. The number of hydrogen-bond donors (Lipinski definition) is 1. The van der Waals surface area contributed by atoms with Gasteiger partial charge >= 0.3 is 0 Å². The Bertz CT molecular complexity index is 366. The van der Waals surface area contributed by atoms with Crippen molar-refractivity contribution in [2.75, 3.05) is 11.9 Å². The molecule has 1 saturated carbocycles. The van der Waals surface area contributed by atoms with Crippen LogP contribution in [-0.2, 0) is 9.53 Å². The first-order valence-corrected chi connectivity index (χ1v) is 5.34. The standard InChI is InChI=1S/C12H13NO2/c14-12(10-9-6-7-15-11(9)10)13-8-4-2-1-3-5-8/h1-5,9-11H,6-7H2,(H,13,14)/t9-,10-,11-/m0/s1. The van der Waals surface area contributed by atoms with Crippen LogP contribution in [0.4, 0.5) is 5.69 Å². The van der Waals surface area contributed by atoms with Gasteiger partial charge in [0.2, 0.25) is 5.91 Å². The van der Waals surface area contributed by atoms with Gasteiger partial charge in [-0.2, -0.15) is 0 Å². The number of nitrogens with one attached hydrogen (secondary N) is 1. The van der Waals surface area contributed by atoms with E-state index in [1.165, 1.54) is 0 Å². The van der Waals surface area contributed by atoms with Gasteiger partial charge in [-0.25, -0.2) is 0 Å². The lowest BCUT2D eigenvalue weighted by atomic mass is 10.2. The summed E-state index contributed by atoms with van der Waals surface area (Å²) in [5.74, 6) is 0.684. The minimum absolute atomic E-state index is 0.0963. The molecule has 0 bridgehead atoms. The van der Waals surface area contributed by atoms with Gasteiger partial charge in [0.15, 0.2) is 0 Å². The van der Waals surface area contributed by atoms with Gasteiger partial charge < -0.3 is 10.1 Å². The van der Waals surface area contributed by atoms with Gasteiger partial charge in [-0.3, -0.25) is 4.79 Å². The van der Waals surface area contributed by atoms with E-state index in [0.29, 0.717) is 5.92 Å². The molecule has 1 aromatic rings. The molecular weight excluding hydrogens is 190 g/mol. The number of benzene rings is 1. The summed E-state index contributed by atoms with van der Waals surface area (Å²) < 4.78 is 5.44. The highest BCUT2D eigenvalue weighted by molar-refractivity contribution is 5.95. The number of carbonyl (C=O) groups is 1. The summed E-state index contributed by atoms with van der Waals surface area (Å²) in [6.07, 6.45) is 1.24. The monoisotopic (exact) mass is 203 g/mol. The van der Waals surface area contributed by atoms with Gasteiger partial charge in [0.25, 0.3) is 0 Å². The lowest BCUT2D eigenvalue weighted by molar-refractivity contribution is -0.118. The van der Waals surface area contributed by atoms with Crippen LogP contribution in [0.2, 0.25) is 0 Å². The number of anilines is 1. The maximum atomic E-state index is 11.8. The Kier molecular flexibility index (Phi) is 1.99. The molecular formula is C12H13NO2. The van der Waals surface area contributed by atoms with Crippen molar-refractivity contribution >= 4 is 11.6 Å². The van der Waals surface area contributed by atoms with E-state index in [1.807, 2.05) is 30.3 Å². The second-order valence-electron chi connectivity index (χ2n) is 4.17. The highest BCUT2D eigenvalue weighted by Crippen LogP contribution is 2.49. The Morgan fingerprint density at radius 3 is 2.80 bits per heavy atom. The van der Waals surface area contributed by atoms with Crippen molar-refractivity contribution in [2.24, 2.45) is 11.8 Å². The van der Waals surface area contributed by atoms with E-state index in [1.54, 1.807) is 0 Å². The Hall–Kier alpha value is -1.35. The third kappa shape index (κ3) is 1.53. The Balaban J connectivity index is 1.63. The van der Waals surface area contributed by atoms with Gasteiger partial charge in [-0.05, 0) is 18.6 Å². The molecule has 0 unspecified atom stereocenters. The lowest BCUT2D eigenvalue weighted by Gasteiger charge is -2.05. The number of hydrogen-bond acceptors (Lipinski definition) is 2. The van der Waals surface area contributed by atoms with Crippen molar-refractivity contribution < 1.29 is 9.53 Å². The molecule has 0 radical (unpaired) electrons. The van der Waals surface area contributed by atoms with E-state index in [-0.39, 0.29) is 17.9 Å². The molecule has 1 N–H and O–H groups in total. The molecule has 1 aliphatic heterocycles. The Morgan fingerprint density at radius 2 is 2.13 bits per heavy atom. The molecule has 3 heteroatoms. The number of fused-ring (bicyclic) bond motifs is 1. The van der Waals surface area contributed by atoms with Gasteiger partial charge in [-0.1, -0.05) is 18.2 Å². The zero-order valence-electron chi connectivity index (χ0n) is 8.35. The van der Waals surface area contributed by atoms with E-state index in [9.17, 15) is 4.79 Å². The minimum atomic E-state index is 0.0963. The van der Waals surface area contributed by atoms with E-state index in [2.05, 4.69) is 5.32 Å². The molecule has 3 nitrogen and oxygen atoms in total. The van der Waals surface area contributed by atoms with Crippen LogP contribution in [0.15, 0.2) is 30.3 Å². The number of para-hydroxylation sites is 1. The summed E-state index contributed by atoms with van der Waals surface area (Å²) in [7, 11) is 0. The van der Waals surface area contributed by atoms with Crippen LogP contribution in [0.5, 0.6) is 0 Å². The SMILES string of the molecule is O=C(Nc1ccccc1)[C@H]1[C@@H]2CCO[C@@H]21. The van der Waals surface area contributed by atoms with E-state index < -0.39 is 0 Å². The molecule has 1 heterocycles. The van der Waals surface area contributed by atoms with Crippen LogP contribution >= 0.6 is 0 Å². The molecule has 1 aliphatic carbocycles. The summed E-state index contributed by atoms with van der Waals surface area (Å²) in [6.45, 7) is 0.824. The molecule has 2 aliphatic rings.